The average molecular weight is 251 g/mol. The summed E-state index contributed by atoms with van der Waals surface area (Å²) in [5.41, 5.74) is 1.07. The van der Waals surface area contributed by atoms with Crippen LogP contribution < -0.4 is 4.74 Å². The molecule has 3 unspecified atom stereocenters. The summed E-state index contributed by atoms with van der Waals surface area (Å²) in [5.74, 6) is 0.881. The van der Waals surface area contributed by atoms with Crippen LogP contribution >= 0.6 is 0 Å². The van der Waals surface area contributed by atoms with Crippen molar-refractivity contribution in [1.82, 2.24) is 4.90 Å². The van der Waals surface area contributed by atoms with Crippen molar-refractivity contribution in [3.05, 3.63) is 29.8 Å². The Balaban J connectivity index is 2.22. The molecule has 1 aromatic rings. The van der Waals surface area contributed by atoms with Crippen molar-refractivity contribution in [3.8, 4) is 5.75 Å². The number of aliphatic hydroxyl groups excluding tert-OH is 2. The van der Waals surface area contributed by atoms with Crippen molar-refractivity contribution >= 4 is 0 Å². The zero-order valence-corrected chi connectivity index (χ0v) is 10.9. The second-order valence-corrected chi connectivity index (χ2v) is 5.03. The number of hydrogen-bond donors (Lipinski definition) is 2. The summed E-state index contributed by atoms with van der Waals surface area (Å²) in [4.78, 5) is 2.06. The number of β-amino-alcohol motifs (C(OH)–C–C–N with tert-alkyl or cyclic N) is 1. The lowest BCUT2D eigenvalue weighted by Crippen LogP contribution is -2.47. The second-order valence-electron chi connectivity index (χ2n) is 5.03. The third-order valence-corrected chi connectivity index (χ3v) is 3.70. The maximum Gasteiger partial charge on any atom is 0.118 e. The minimum absolute atomic E-state index is 0.00268. The van der Waals surface area contributed by atoms with E-state index in [0.29, 0.717) is 6.54 Å². The molecule has 1 aliphatic rings. The molecule has 0 bridgehead atoms. The van der Waals surface area contributed by atoms with Crippen LogP contribution in [0.2, 0.25) is 0 Å². The number of benzene rings is 1. The van der Waals surface area contributed by atoms with E-state index in [1.165, 1.54) is 0 Å². The van der Waals surface area contributed by atoms with Crippen molar-refractivity contribution in [2.75, 3.05) is 33.9 Å². The van der Waals surface area contributed by atoms with Crippen molar-refractivity contribution in [3.63, 3.8) is 0 Å². The summed E-state index contributed by atoms with van der Waals surface area (Å²) in [7, 11) is 3.60. The number of rotatable bonds is 3. The molecule has 1 heterocycles. The van der Waals surface area contributed by atoms with Crippen molar-refractivity contribution < 1.29 is 14.9 Å². The number of aliphatic hydroxyl groups is 2. The maximum atomic E-state index is 10.2. The number of likely N-dealkylation sites (tertiary alicyclic amines) is 1. The normalized spacial score (nSPS) is 29.2. The lowest BCUT2D eigenvalue weighted by Gasteiger charge is -2.39. The topological polar surface area (TPSA) is 52.9 Å². The van der Waals surface area contributed by atoms with Crippen molar-refractivity contribution in [2.45, 2.75) is 12.0 Å². The quantitative estimate of drug-likeness (QED) is 0.830. The van der Waals surface area contributed by atoms with Gasteiger partial charge in [-0.2, -0.15) is 0 Å². The molecule has 100 valence electrons. The van der Waals surface area contributed by atoms with Gasteiger partial charge in [-0.25, -0.2) is 0 Å². The van der Waals surface area contributed by atoms with Gasteiger partial charge in [0.15, 0.2) is 0 Å². The molecule has 0 aliphatic carbocycles. The van der Waals surface area contributed by atoms with Crippen molar-refractivity contribution in [2.24, 2.45) is 5.92 Å². The van der Waals surface area contributed by atoms with Crippen LogP contribution in [-0.2, 0) is 0 Å². The van der Waals surface area contributed by atoms with E-state index < -0.39 is 6.10 Å². The van der Waals surface area contributed by atoms with E-state index in [2.05, 4.69) is 4.90 Å². The van der Waals surface area contributed by atoms with E-state index >= 15 is 0 Å². The highest BCUT2D eigenvalue weighted by atomic mass is 16.5. The number of nitrogens with zero attached hydrogens (tertiary/aromatic N) is 1. The van der Waals surface area contributed by atoms with Crippen LogP contribution in [0.1, 0.15) is 11.5 Å². The van der Waals surface area contributed by atoms with Crippen LogP contribution in [0.15, 0.2) is 24.3 Å². The largest absolute Gasteiger partial charge is 0.497 e. The standard InChI is InChI=1S/C14H21NO3/c1-15-7-11(9-16)14(13(17)8-15)10-3-5-12(18-2)6-4-10/h3-6,11,13-14,16-17H,7-9H2,1-2H3. The summed E-state index contributed by atoms with van der Waals surface area (Å²) in [5, 5.41) is 19.7. The molecule has 4 nitrogen and oxygen atoms in total. The summed E-state index contributed by atoms with van der Waals surface area (Å²) in [6, 6.07) is 7.74. The highest BCUT2D eigenvalue weighted by Gasteiger charge is 2.35. The molecule has 0 aromatic heterocycles. The van der Waals surface area contributed by atoms with Crippen LogP contribution in [-0.4, -0.2) is 55.1 Å². The fraction of sp³-hybridized carbons (Fsp3) is 0.571. The Labute approximate surface area is 108 Å². The highest BCUT2D eigenvalue weighted by molar-refractivity contribution is 5.31. The van der Waals surface area contributed by atoms with Gasteiger partial charge in [-0.05, 0) is 24.7 Å². The van der Waals surface area contributed by atoms with E-state index in [9.17, 15) is 10.2 Å². The first-order valence-corrected chi connectivity index (χ1v) is 6.27. The monoisotopic (exact) mass is 251 g/mol. The smallest absolute Gasteiger partial charge is 0.118 e. The Morgan fingerprint density at radius 1 is 1.28 bits per heavy atom. The van der Waals surface area contributed by atoms with Crippen LogP contribution in [0.3, 0.4) is 0 Å². The Hall–Kier alpha value is -1.10. The van der Waals surface area contributed by atoms with E-state index in [1.807, 2.05) is 31.3 Å². The molecule has 1 saturated heterocycles. The van der Waals surface area contributed by atoms with E-state index in [-0.39, 0.29) is 18.4 Å². The number of ether oxygens (including phenoxy) is 1. The van der Waals surface area contributed by atoms with Crippen LogP contribution in [0.25, 0.3) is 0 Å². The number of methoxy groups -OCH3 is 1. The van der Waals surface area contributed by atoms with Crippen LogP contribution in [0.4, 0.5) is 0 Å². The minimum atomic E-state index is -0.436. The van der Waals surface area contributed by atoms with Gasteiger partial charge in [0.25, 0.3) is 0 Å². The molecule has 0 saturated carbocycles. The third-order valence-electron chi connectivity index (χ3n) is 3.70. The Bertz CT molecular complexity index is 379. The third kappa shape index (κ3) is 2.66. The predicted molar refractivity (Wildman–Crippen MR) is 69.8 cm³/mol. The Morgan fingerprint density at radius 2 is 1.94 bits per heavy atom. The van der Waals surface area contributed by atoms with Gasteiger partial charge in [0.1, 0.15) is 5.75 Å². The molecular weight excluding hydrogens is 230 g/mol. The SMILES string of the molecule is COc1ccc(C2C(O)CN(C)CC2CO)cc1. The molecule has 18 heavy (non-hydrogen) atoms. The molecule has 0 amide bonds. The fourth-order valence-corrected chi connectivity index (χ4v) is 2.83. The van der Waals surface area contributed by atoms with Crippen LogP contribution in [0, 0.1) is 5.92 Å². The molecule has 0 spiro atoms. The van der Waals surface area contributed by atoms with E-state index in [0.717, 1.165) is 17.9 Å². The predicted octanol–water partition coefficient (Wildman–Crippen LogP) is 0.694. The molecule has 1 aromatic carbocycles. The van der Waals surface area contributed by atoms with E-state index in [1.54, 1.807) is 7.11 Å². The number of likely N-dealkylation sites (N-methyl/N-ethyl adjacent to an activating group) is 1. The summed E-state index contributed by atoms with van der Waals surface area (Å²) in [6.07, 6.45) is -0.436. The molecule has 2 N–H and O–H groups in total. The van der Waals surface area contributed by atoms with E-state index in [4.69, 9.17) is 4.74 Å². The zero-order valence-electron chi connectivity index (χ0n) is 10.9. The Morgan fingerprint density at radius 3 is 2.50 bits per heavy atom. The van der Waals surface area contributed by atoms with Gasteiger partial charge in [-0.3, -0.25) is 0 Å². The maximum absolute atomic E-state index is 10.2. The lowest BCUT2D eigenvalue weighted by atomic mass is 9.79. The average Bonchev–Trinajstić information content (AvgIpc) is 2.38. The minimum Gasteiger partial charge on any atom is -0.497 e. The van der Waals surface area contributed by atoms with Gasteiger partial charge in [0, 0.05) is 31.5 Å². The highest BCUT2D eigenvalue weighted by Crippen LogP contribution is 2.33. The summed E-state index contributed by atoms with van der Waals surface area (Å²) >= 11 is 0. The Kier molecular flexibility index (Phi) is 4.22. The van der Waals surface area contributed by atoms with Crippen LogP contribution in [0.5, 0.6) is 5.75 Å². The molecular formula is C14H21NO3. The first-order valence-electron chi connectivity index (χ1n) is 6.27. The summed E-state index contributed by atoms with van der Waals surface area (Å²) in [6.45, 7) is 1.55. The van der Waals surface area contributed by atoms with Gasteiger partial charge in [-0.15, -0.1) is 0 Å². The van der Waals surface area contributed by atoms with Crippen molar-refractivity contribution in [1.29, 1.82) is 0 Å². The molecule has 1 aliphatic heterocycles. The van der Waals surface area contributed by atoms with Gasteiger partial charge in [0.05, 0.1) is 13.2 Å². The first-order chi connectivity index (χ1) is 8.65. The molecule has 2 rings (SSSR count). The lowest BCUT2D eigenvalue weighted by molar-refractivity contribution is 0.0102. The van der Waals surface area contributed by atoms with Gasteiger partial charge < -0.3 is 19.8 Å². The summed E-state index contributed by atoms with van der Waals surface area (Å²) < 4.78 is 5.13. The van der Waals surface area contributed by atoms with Gasteiger partial charge in [-0.1, -0.05) is 12.1 Å². The number of hydrogen-bond acceptors (Lipinski definition) is 4. The molecule has 1 fully saturated rings. The fourth-order valence-electron chi connectivity index (χ4n) is 2.83. The molecule has 4 heteroatoms. The van der Waals surface area contributed by atoms with Gasteiger partial charge >= 0.3 is 0 Å². The molecule has 0 radical (unpaired) electrons. The molecule has 3 atom stereocenters. The van der Waals surface area contributed by atoms with Gasteiger partial charge in [0.2, 0.25) is 0 Å². The second kappa shape index (κ2) is 5.69. The zero-order chi connectivity index (χ0) is 13.1. The number of piperidine rings is 1. The first kappa shape index (κ1) is 13.3.